The molecule has 2 aromatic carbocycles. The number of alkyl halides is 1. The van der Waals surface area contributed by atoms with Crippen molar-refractivity contribution in [3.63, 3.8) is 0 Å². The van der Waals surface area contributed by atoms with Gasteiger partial charge in [-0.25, -0.2) is 0 Å². The number of phenols is 2. The van der Waals surface area contributed by atoms with Gasteiger partial charge in [0.15, 0.2) is 0 Å². The van der Waals surface area contributed by atoms with Crippen molar-refractivity contribution in [2.75, 3.05) is 25.7 Å². The summed E-state index contributed by atoms with van der Waals surface area (Å²) < 4.78 is 9.23. The summed E-state index contributed by atoms with van der Waals surface area (Å²) in [6, 6.07) is 14.4. The van der Waals surface area contributed by atoms with Gasteiger partial charge in [0, 0.05) is 5.41 Å². The zero-order valence-corrected chi connectivity index (χ0v) is 15.4. The normalized spacial score (nSPS) is 17.5. The number of rotatable bonds is 3. The van der Waals surface area contributed by atoms with Crippen molar-refractivity contribution in [1.82, 2.24) is 0 Å². The Morgan fingerprint density at radius 2 is 1.28 bits per heavy atom. The fourth-order valence-corrected chi connectivity index (χ4v) is 2.26. The maximum Gasteiger partial charge on any atom is 0.115 e. The lowest BCUT2D eigenvalue weighted by Gasteiger charge is -2.26. The van der Waals surface area contributed by atoms with E-state index in [1.165, 1.54) is 0 Å². The first-order valence-corrected chi connectivity index (χ1v) is 8.81. The van der Waals surface area contributed by atoms with Gasteiger partial charge in [-0.3, -0.25) is 0 Å². The minimum absolute atomic E-state index is 0.151. The predicted molar refractivity (Wildman–Crippen MR) is 99.6 cm³/mol. The van der Waals surface area contributed by atoms with Gasteiger partial charge >= 0.3 is 0 Å². The Labute approximate surface area is 154 Å². The van der Waals surface area contributed by atoms with E-state index in [1.807, 2.05) is 24.3 Å². The Kier molecular flexibility index (Phi) is 7.12. The van der Waals surface area contributed by atoms with E-state index in [4.69, 9.17) is 16.3 Å². The maximum absolute atomic E-state index is 9.30. The third-order valence-electron chi connectivity index (χ3n) is 3.96. The molecule has 2 N–H and O–H groups in total. The highest BCUT2D eigenvalue weighted by Gasteiger charge is 2.22. The number of hydrogen-bond donors (Lipinski definition) is 2. The van der Waals surface area contributed by atoms with E-state index < -0.39 is 0 Å². The van der Waals surface area contributed by atoms with Gasteiger partial charge in [-0.15, -0.1) is 11.6 Å². The van der Waals surface area contributed by atoms with E-state index in [1.54, 1.807) is 24.3 Å². The topological polar surface area (TPSA) is 65.5 Å². The molecule has 2 heterocycles. The van der Waals surface area contributed by atoms with Gasteiger partial charge in [-0.2, -0.15) is 0 Å². The lowest BCUT2D eigenvalue weighted by Crippen LogP contribution is -2.18. The first kappa shape index (κ1) is 19.6. The molecular weight excluding hydrogens is 340 g/mol. The van der Waals surface area contributed by atoms with Crippen LogP contribution in [0.2, 0.25) is 0 Å². The molecule has 2 aliphatic heterocycles. The molecule has 0 aliphatic carbocycles. The largest absolute Gasteiger partial charge is 0.508 e. The molecule has 2 aliphatic rings. The summed E-state index contributed by atoms with van der Waals surface area (Å²) in [6.45, 7) is 7.11. The van der Waals surface area contributed by atoms with Gasteiger partial charge in [0.1, 0.15) is 11.5 Å². The number of hydrogen-bond acceptors (Lipinski definition) is 4. The number of aromatic hydroxyl groups is 2. The van der Waals surface area contributed by atoms with Gasteiger partial charge in [0.25, 0.3) is 0 Å². The molecule has 2 aromatic rings. The number of halogens is 1. The van der Waals surface area contributed by atoms with Crippen LogP contribution >= 0.6 is 11.6 Å². The first-order chi connectivity index (χ1) is 11.9. The van der Waals surface area contributed by atoms with Crippen molar-refractivity contribution in [3.05, 3.63) is 59.7 Å². The van der Waals surface area contributed by atoms with Gasteiger partial charge in [-0.05, 0) is 35.4 Å². The molecule has 0 spiro atoms. The van der Waals surface area contributed by atoms with E-state index in [2.05, 4.69) is 18.6 Å². The van der Waals surface area contributed by atoms with E-state index in [9.17, 15) is 10.2 Å². The van der Waals surface area contributed by atoms with Crippen molar-refractivity contribution in [1.29, 1.82) is 0 Å². The minimum Gasteiger partial charge on any atom is -0.508 e. The quantitative estimate of drug-likeness (QED) is 0.636. The van der Waals surface area contributed by atoms with Gasteiger partial charge in [-0.1, -0.05) is 38.1 Å². The van der Waals surface area contributed by atoms with Gasteiger partial charge < -0.3 is 19.7 Å². The molecule has 1 atom stereocenters. The summed E-state index contributed by atoms with van der Waals surface area (Å²) in [4.78, 5) is 0. The van der Waals surface area contributed by atoms with E-state index in [0.29, 0.717) is 12.0 Å². The summed E-state index contributed by atoms with van der Waals surface area (Å²) in [6.07, 6.45) is 0.400. The van der Waals surface area contributed by atoms with Crippen LogP contribution < -0.4 is 0 Å². The molecule has 2 saturated heterocycles. The molecule has 25 heavy (non-hydrogen) atoms. The summed E-state index contributed by atoms with van der Waals surface area (Å²) in [7, 11) is 0. The second-order valence-electron chi connectivity index (χ2n) is 6.44. The predicted octanol–water partition coefficient (Wildman–Crippen LogP) is 4.06. The molecule has 0 bridgehead atoms. The highest BCUT2D eigenvalue weighted by Crippen LogP contribution is 2.32. The number of benzene rings is 2. The molecule has 2 fully saturated rings. The third kappa shape index (κ3) is 6.94. The zero-order chi connectivity index (χ0) is 18.3. The third-order valence-corrected chi connectivity index (χ3v) is 4.30. The SMILES string of the molecule is C1CO1.CC(C)(c1ccc(O)cc1)c1ccc(O)cc1.ClCC1CO1. The van der Waals surface area contributed by atoms with Gasteiger partial charge in [0.05, 0.1) is 31.8 Å². The number of epoxide rings is 2. The molecule has 5 heteroatoms. The van der Waals surface area contributed by atoms with Crippen LogP contribution in [0.5, 0.6) is 11.5 Å². The molecule has 0 radical (unpaired) electrons. The second kappa shape index (κ2) is 9.09. The molecule has 0 amide bonds. The van der Waals surface area contributed by atoms with Crippen molar-refractivity contribution in [2.24, 2.45) is 0 Å². The molecule has 0 aromatic heterocycles. The highest BCUT2D eigenvalue weighted by atomic mass is 35.5. The van der Waals surface area contributed by atoms with Crippen molar-refractivity contribution < 1.29 is 19.7 Å². The molecule has 0 saturated carbocycles. The Morgan fingerprint density at radius 3 is 1.48 bits per heavy atom. The fourth-order valence-electron chi connectivity index (χ4n) is 2.08. The second-order valence-corrected chi connectivity index (χ2v) is 6.75. The molecular formula is C20H25ClO4. The molecule has 1 unspecified atom stereocenters. The Bertz CT molecular complexity index is 581. The van der Waals surface area contributed by atoms with Crippen LogP contribution in [0.15, 0.2) is 48.5 Å². The fraction of sp³-hybridized carbons (Fsp3) is 0.400. The summed E-state index contributed by atoms with van der Waals surface area (Å²) in [5.41, 5.74) is 2.10. The van der Waals surface area contributed by atoms with Crippen LogP contribution in [-0.2, 0) is 14.9 Å². The van der Waals surface area contributed by atoms with Crippen LogP contribution in [0.25, 0.3) is 0 Å². The Morgan fingerprint density at radius 1 is 0.920 bits per heavy atom. The van der Waals surface area contributed by atoms with Crippen LogP contribution in [0.1, 0.15) is 25.0 Å². The van der Waals surface area contributed by atoms with Crippen molar-refractivity contribution in [2.45, 2.75) is 25.4 Å². The average Bonchev–Trinajstić information content (AvgIpc) is 3.50. The van der Waals surface area contributed by atoms with Crippen LogP contribution in [0, 0.1) is 0 Å². The minimum atomic E-state index is -0.151. The van der Waals surface area contributed by atoms with Crippen LogP contribution in [0.3, 0.4) is 0 Å². The maximum atomic E-state index is 9.30. The average molecular weight is 365 g/mol. The summed E-state index contributed by atoms with van der Waals surface area (Å²) in [5.74, 6) is 1.21. The Balaban J connectivity index is 0.000000228. The summed E-state index contributed by atoms with van der Waals surface area (Å²) >= 11 is 5.27. The lowest BCUT2D eigenvalue weighted by atomic mass is 9.78. The van der Waals surface area contributed by atoms with E-state index in [-0.39, 0.29) is 16.9 Å². The smallest absolute Gasteiger partial charge is 0.115 e. The monoisotopic (exact) mass is 364 g/mol. The van der Waals surface area contributed by atoms with E-state index in [0.717, 1.165) is 30.9 Å². The highest BCUT2D eigenvalue weighted by molar-refractivity contribution is 6.18. The lowest BCUT2D eigenvalue weighted by molar-refractivity contribution is 0.425. The molecule has 136 valence electrons. The standard InChI is InChI=1S/C15H16O2.C3H5ClO.C2H4O/c1-15(2,11-3-7-13(16)8-4-11)12-5-9-14(17)10-6-12;4-1-3-2-5-3;1-2-3-1/h3-10,16-17H,1-2H3;3H,1-2H2;1-2H2. The van der Waals surface area contributed by atoms with Crippen molar-refractivity contribution >= 4 is 11.6 Å². The number of ether oxygens (including phenoxy) is 2. The van der Waals surface area contributed by atoms with Gasteiger partial charge in [0.2, 0.25) is 0 Å². The summed E-state index contributed by atoms with van der Waals surface area (Å²) in [5, 5.41) is 18.6. The molecule has 4 rings (SSSR count). The Hall–Kier alpha value is -1.75. The van der Waals surface area contributed by atoms with E-state index >= 15 is 0 Å². The van der Waals surface area contributed by atoms with Crippen molar-refractivity contribution in [3.8, 4) is 11.5 Å². The zero-order valence-electron chi connectivity index (χ0n) is 14.6. The van der Waals surface area contributed by atoms with Crippen LogP contribution in [0.4, 0.5) is 0 Å². The number of phenolic OH excluding ortho intramolecular Hbond substituents is 2. The van der Waals surface area contributed by atoms with Crippen LogP contribution in [-0.4, -0.2) is 42.0 Å². The first-order valence-electron chi connectivity index (χ1n) is 8.28. The molecule has 4 nitrogen and oxygen atoms in total.